The Morgan fingerprint density at radius 2 is 1.80 bits per heavy atom. The molecule has 2 N–H and O–H groups in total. The van der Waals surface area contributed by atoms with E-state index in [0.717, 1.165) is 48.6 Å². The molecule has 224 valence electrons. The third-order valence-electron chi connectivity index (χ3n) is 8.10. The summed E-state index contributed by atoms with van der Waals surface area (Å²) in [6.07, 6.45) is 8.99. The number of aromatic nitrogens is 5. The highest BCUT2D eigenvalue weighted by molar-refractivity contribution is 6.36. The number of fused-ring (bicyclic) bond motifs is 1. The quantitative estimate of drug-likeness (QED) is 0.189. The Hall–Kier alpha value is -4.23. The molecule has 0 saturated carbocycles. The molecule has 1 fully saturated rings. The van der Waals surface area contributed by atoms with E-state index in [-0.39, 0.29) is 17.6 Å². The average molecular weight is 627 g/mol. The lowest BCUT2D eigenvalue weighted by molar-refractivity contribution is 0.0866. The lowest BCUT2D eigenvalue weighted by atomic mass is 9.98. The molecule has 5 aromatic rings. The summed E-state index contributed by atoms with van der Waals surface area (Å²) < 4.78 is 2.01. The van der Waals surface area contributed by atoms with Gasteiger partial charge in [0.1, 0.15) is 11.8 Å². The highest BCUT2D eigenvalue weighted by Crippen LogP contribution is 2.37. The van der Waals surface area contributed by atoms with Gasteiger partial charge >= 0.3 is 0 Å². The van der Waals surface area contributed by atoms with Crippen LogP contribution in [0.25, 0.3) is 10.9 Å². The van der Waals surface area contributed by atoms with Crippen molar-refractivity contribution in [1.29, 1.82) is 5.26 Å². The molecule has 0 aliphatic carbocycles. The molecular formula is C33H33Cl2N9. The minimum absolute atomic E-state index is 0.153. The number of halogens is 2. The van der Waals surface area contributed by atoms with Gasteiger partial charge in [0.05, 0.1) is 52.0 Å². The van der Waals surface area contributed by atoms with Crippen LogP contribution in [-0.2, 0) is 0 Å². The fraction of sp³-hybridized carbons (Fsp3) is 0.303. The number of nitrogens with one attached hydrogen (secondary N) is 2. The predicted molar refractivity (Wildman–Crippen MR) is 176 cm³/mol. The first-order valence-corrected chi connectivity index (χ1v) is 15.3. The van der Waals surface area contributed by atoms with E-state index in [1.54, 1.807) is 12.4 Å². The molecule has 0 radical (unpaired) electrons. The smallest absolute Gasteiger partial charge is 0.109 e. The van der Waals surface area contributed by atoms with E-state index in [4.69, 9.17) is 23.2 Å². The third kappa shape index (κ3) is 6.34. The number of rotatable bonds is 7. The van der Waals surface area contributed by atoms with Crippen molar-refractivity contribution in [2.45, 2.75) is 51.2 Å². The predicted octanol–water partition coefficient (Wildman–Crippen LogP) is 7.78. The summed E-state index contributed by atoms with van der Waals surface area (Å²) in [6, 6.07) is 17.4. The average Bonchev–Trinajstić information content (AvgIpc) is 3.51. The summed E-state index contributed by atoms with van der Waals surface area (Å²) >= 11 is 13.1. The van der Waals surface area contributed by atoms with Crippen LogP contribution >= 0.6 is 23.2 Å². The first-order valence-electron chi connectivity index (χ1n) is 14.6. The highest BCUT2D eigenvalue weighted by atomic mass is 35.5. The summed E-state index contributed by atoms with van der Waals surface area (Å²) in [7, 11) is 0. The van der Waals surface area contributed by atoms with Crippen LogP contribution in [0, 0.1) is 11.3 Å². The Labute approximate surface area is 266 Å². The standard InChI is InChI=1S/C33H33Cl2N9/c1-33(2,3)43-13-10-26(11-14-43)44-20-29(41-42-44)31(21-6-8-23(34)9-7-21)40-25-15-27-30(39-24-5-4-12-37-19-24)22(17-36)18-38-32(27)28(35)16-25/h4-9,12,15-16,18-20,26,31,40H,10-11,13-14H2,1-3H3,(H,38,39)/t31-/m0/s1. The van der Waals surface area contributed by atoms with E-state index in [2.05, 4.69) is 62.7 Å². The normalized spacial score (nSPS) is 15.2. The number of anilines is 3. The molecule has 0 bridgehead atoms. The lowest BCUT2D eigenvalue weighted by Crippen LogP contribution is -2.46. The van der Waals surface area contributed by atoms with Crippen molar-refractivity contribution < 1.29 is 0 Å². The van der Waals surface area contributed by atoms with Crippen LogP contribution in [0.4, 0.5) is 17.1 Å². The van der Waals surface area contributed by atoms with Crippen molar-refractivity contribution in [3.63, 3.8) is 0 Å². The third-order valence-corrected chi connectivity index (χ3v) is 8.64. The van der Waals surface area contributed by atoms with Gasteiger partial charge in [-0.05, 0) is 75.6 Å². The number of nitrogens with zero attached hydrogens (tertiary/aromatic N) is 7. The molecule has 1 atom stereocenters. The van der Waals surface area contributed by atoms with E-state index in [9.17, 15) is 5.26 Å². The lowest BCUT2D eigenvalue weighted by Gasteiger charge is -2.40. The van der Waals surface area contributed by atoms with Gasteiger partial charge in [0, 0.05) is 47.1 Å². The van der Waals surface area contributed by atoms with Gasteiger partial charge in [0.15, 0.2) is 0 Å². The van der Waals surface area contributed by atoms with Crippen molar-refractivity contribution >= 4 is 51.2 Å². The molecule has 0 amide bonds. The summed E-state index contributed by atoms with van der Waals surface area (Å²) in [4.78, 5) is 11.2. The molecule has 4 heterocycles. The highest BCUT2D eigenvalue weighted by Gasteiger charge is 2.29. The van der Waals surface area contributed by atoms with E-state index in [0.29, 0.717) is 32.2 Å². The van der Waals surface area contributed by atoms with Crippen molar-refractivity contribution in [1.82, 2.24) is 29.9 Å². The molecule has 1 aliphatic rings. The maximum absolute atomic E-state index is 9.90. The second-order valence-electron chi connectivity index (χ2n) is 12.0. The largest absolute Gasteiger partial charge is 0.373 e. The maximum atomic E-state index is 9.90. The van der Waals surface area contributed by atoms with Crippen LogP contribution in [0.5, 0.6) is 0 Å². The first-order chi connectivity index (χ1) is 21.2. The maximum Gasteiger partial charge on any atom is 0.109 e. The number of hydrogen-bond donors (Lipinski definition) is 2. The SMILES string of the molecule is CC(C)(C)N1CCC(n2cc([C@@H](Nc3cc(Cl)c4ncc(C#N)c(Nc5cccnc5)c4c3)c3ccc(Cl)cc3)nn2)CC1. The fourth-order valence-corrected chi connectivity index (χ4v) is 6.09. The number of benzene rings is 2. The first kappa shape index (κ1) is 29.8. The Morgan fingerprint density at radius 3 is 2.48 bits per heavy atom. The zero-order valence-electron chi connectivity index (χ0n) is 24.8. The second-order valence-corrected chi connectivity index (χ2v) is 12.9. The van der Waals surface area contributed by atoms with Gasteiger partial charge < -0.3 is 10.6 Å². The molecule has 11 heteroatoms. The summed E-state index contributed by atoms with van der Waals surface area (Å²) in [5.74, 6) is 0. The minimum Gasteiger partial charge on any atom is -0.373 e. The fourth-order valence-electron chi connectivity index (χ4n) is 5.70. The Bertz CT molecular complexity index is 1800. The molecule has 1 saturated heterocycles. The van der Waals surface area contributed by atoms with Gasteiger partial charge in [0.25, 0.3) is 0 Å². The van der Waals surface area contributed by atoms with E-state index in [1.807, 2.05) is 59.4 Å². The number of hydrogen-bond acceptors (Lipinski definition) is 8. The molecule has 0 unspecified atom stereocenters. The van der Waals surface area contributed by atoms with Crippen molar-refractivity contribution in [3.8, 4) is 6.07 Å². The molecule has 44 heavy (non-hydrogen) atoms. The van der Waals surface area contributed by atoms with Crippen molar-refractivity contribution in [3.05, 3.63) is 100 Å². The van der Waals surface area contributed by atoms with Crippen LogP contribution in [-0.4, -0.2) is 48.5 Å². The molecule has 9 nitrogen and oxygen atoms in total. The summed E-state index contributed by atoms with van der Waals surface area (Å²) in [6.45, 7) is 8.82. The van der Waals surface area contributed by atoms with E-state index < -0.39 is 0 Å². The van der Waals surface area contributed by atoms with Crippen molar-refractivity contribution in [2.24, 2.45) is 0 Å². The Kier molecular flexibility index (Phi) is 8.41. The monoisotopic (exact) mass is 625 g/mol. The summed E-state index contributed by atoms with van der Waals surface area (Å²) in [5, 5.41) is 27.9. The van der Waals surface area contributed by atoms with Gasteiger partial charge in [-0.2, -0.15) is 5.26 Å². The van der Waals surface area contributed by atoms with Crippen LogP contribution in [0.15, 0.2) is 73.3 Å². The van der Waals surface area contributed by atoms with E-state index >= 15 is 0 Å². The van der Waals surface area contributed by atoms with E-state index in [1.165, 1.54) is 6.20 Å². The minimum atomic E-state index is -0.342. The molecule has 1 aliphatic heterocycles. The van der Waals surface area contributed by atoms with Gasteiger partial charge in [-0.1, -0.05) is 40.5 Å². The van der Waals surface area contributed by atoms with Crippen LogP contribution in [0.1, 0.15) is 62.5 Å². The second kappa shape index (κ2) is 12.4. The molecule has 0 spiro atoms. The number of likely N-dealkylation sites (tertiary alicyclic amines) is 1. The van der Waals surface area contributed by atoms with Crippen molar-refractivity contribution in [2.75, 3.05) is 23.7 Å². The zero-order valence-corrected chi connectivity index (χ0v) is 26.3. The van der Waals surface area contributed by atoms with Gasteiger partial charge in [0.2, 0.25) is 0 Å². The molecular weight excluding hydrogens is 593 g/mol. The number of nitriles is 1. The Morgan fingerprint density at radius 1 is 1.02 bits per heavy atom. The molecule has 2 aromatic carbocycles. The van der Waals surface area contributed by atoms with Crippen LogP contribution in [0.2, 0.25) is 10.0 Å². The van der Waals surface area contributed by atoms with Gasteiger partial charge in [-0.25, -0.2) is 4.68 Å². The van der Waals surface area contributed by atoms with Gasteiger partial charge in [-0.3, -0.25) is 14.9 Å². The zero-order chi connectivity index (χ0) is 30.8. The topological polar surface area (TPSA) is 108 Å². The van der Waals surface area contributed by atoms with Gasteiger partial charge in [-0.15, -0.1) is 5.10 Å². The number of piperidine rings is 1. The molecule has 6 rings (SSSR count). The summed E-state index contributed by atoms with van der Waals surface area (Å²) in [5.41, 5.74) is 4.96. The Balaban J connectivity index is 1.35. The number of pyridine rings is 2. The van der Waals surface area contributed by atoms with Crippen LogP contribution in [0.3, 0.4) is 0 Å². The van der Waals surface area contributed by atoms with Crippen LogP contribution < -0.4 is 10.6 Å². The molecule has 3 aromatic heterocycles.